The van der Waals surface area contributed by atoms with Gasteiger partial charge >= 0.3 is 6.09 Å². The quantitative estimate of drug-likeness (QED) is 0.706. The van der Waals surface area contributed by atoms with Gasteiger partial charge in [-0.1, -0.05) is 0 Å². The number of carbonyl (C=O) groups is 1. The first-order valence-electron chi connectivity index (χ1n) is 6.61. The third-order valence-corrected chi connectivity index (χ3v) is 3.96. The van der Waals surface area contributed by atoms with Crippen LogP contribution in [0, 0.1) is 0 Å². The standard InChI is InChI=1S/C13H24N2O2/c1-12(2,3)17-11(16)15-9-5-8-13(15)7-4-6-10(13)14/h10H,4-9,14H2,1-3H3. The van der Waals surface area contributed by atoms with Crippen LogP contribution in [0.4, 0.5) is 4.79 Å². The van der Waals surface area contributed by atoms with Gasteiger partial charge in [0.1, 0.15) is 5.60 Å². The van der Waals surface area contributed by atoms with Crippen LogP contribution in [0.5, 0.6) is 0 Å². The molecule has 17 heavy (non-hydrogen) atoms. The van der Waals surface area contributed by atoms with E-state index >= 15 is 0 Å². The van der Waals surface area contributed by atoms with Crippen LogP contribution in [-0.4, -0.2) is 34.7 Å². The maximum Gasteiger partial charge on any atom is 0.410 e. The summed E-state index contributed by atoms with van der Waals surface area (Å²) in [6, 6.07) is 0.123. The second-order valence-corrected chi connectivity index (χ2v) is 6.34. The van der Waals surface area contributed by atoms with Gasteiger partial charge in [0.25, 0.3) is 0 Å². The summed E-state index contributed by atoms with van der Waals surface area (Å²) >= 11 is 0. The Kier molecular flexibility index (Phi) is 3.10. The monoisotopic (exact) mass is 240 g/mol. The number of ether oxygens (including phenoxy) is 1. The highest BCUT2D eigenvalue weighted by atomic mass is 16.6. The lowest BCUT2D eigenvalue weighted by atomic mass is 9.91. The minimum absolute atomic E-state index is 0.109. The van der Waals surface area contributed by atoms with Gasteiger partial charge in [-0.25, -0.2) is 4.79 Å². The summed E-state index contributed by atoms with van der Waals surface area (Å²) < 4.78 is 5.49. The zero-order valence-electron chi connectivity index (χ0n) is 11.2. The summed E-state index contributed by atoms with van der Waals surface area (Å²) in [6.07, 6.45) is 5.08. The molecule has 1 aliphatic carbocycles. The van der Waals surface area contributed by atoms with Gasteiger partial charge in [-0.15, -0.1) is 0 Å². The lowest BCUT2D eigenvalue weighted by molar-refractivity contribution is 0.00617. The lowest BCUT2D eigenvalue weighted by Gasteiger charge is -2.39. The van der Waals surface area contributed by atoms with Crippen molar-refractivity contribution in [3.8, 4) is 0 Å². The molecule has 1 saturated heterocycles. The third kappa shape index (κ3) is 2.28. The zero-order valence-corrected chi connectivity index (χ0v) is 11.2. The Balaban J connectivity index is 2.12. The van der Waals surface area contributed by atoms with E-state index in [9.17, 15) is 4.79 Å². The summed E-state index contributed by atoms with van der Waals surface area (Å²) in [4.78, 5) is 14.1. The largest absolute Gasteiger partial charge is 0.444 e. The van der Waals surface area contributed by atoms with E-state index in [0.717, 1.165) is 38.6 Å². The molecule has 1 aliphatic heterocycles. The van der Waals surface area contributed by atoms with E-state index in [0.29, 0.717) is 0 Å². The predicted octanol–water partition coefficient (Wildman–Crippen LogP) is 2.27. The van der Waals surface area contributed by atoms with Crippen LogP contribution in [0.3, 0.4) is 0 Å². The Labute approximate surface area is 103 Å². The van der Waals surface area contributed by atoms with E-state index in [2.05, 4.69) is 0 Å². The van der Waals surface area contributed by atoms with Crippen LogP contribution in [0.1, 0.15) is 52.9 Å². The molecule has 1 heterocycles. The first-order chi connectivity index (χ1) is 7.85. The molecule has 2 aliphatic rings. The van der Waals surface area contributed by atoms with E-state index in [1.807, 2.05) is 25.7 Å². The smallest absolute Gasteiger partial charge is 0.410 e. The Morgan fingerprint density at radius 2 is 2.00 bits per heavy atom. The number of nitrogens with zero attached hydrogens (tertiary/aromatic N) is 1. The van der Waals surface area contributed by atoms with Crippen LogP contribution >= 0.6 is 0 Å². The van der Waals surface area contributed by atoms with Gasteiger partial charge in [0.15, 0.2) is 0 Å². The molecule has 98 valence electrons. The number of nitrogens with two attached hydrogens (primary N) is 1. The van der Waals surface area contributed by atoms with Crippen molar-refractivity contribution >= 4 is 6.09 Å². The van der Waals surface area contributed by atoms with Crippen molar-refractivity contribution in [2.45, 2.75) is 70.1 Å². The average molecular weight is 240 g/mol. The molecule has 2 N–H and O–H groups in total. The molecule has 4 nitrogen and oxygen atoms in total. The van der Waals surface area contributed by atoms with Crippen LogP contribution in [0.15, 0.2) is 0 Å². The summed E-state index contributed by atoms with van der Waals surface area (Å²) in [5, 5.41) is 0. The molecule has 1 spiro atoms. The molecule has 1 saturated carbocycles. The number of hydrogen-bond acceptors (Lipinski definition) is 3. The van der Waals surface area contributed by atoms with Crippen LogP contribution < -0.4 is 5.73 Å². The SMILES string of the molecule is CC(C)(C)OC(=O)N1CCCC12CCCC2N. The maximum absolute atomic E-state index is 12.2. The Hall–Kier alpha value is -0.770. The first kappa shape index (κ1) is 12.7. The van der Waals surface area contributed by atoms with Crippen molar-refractivity contribution in [2.75, 3.05) is 6.54 Å². The molecule has 0 aromatic carbocycles. The molecule has 0 aromatic heterocycles. The van der Waals surface area contributed by atoms with E-state index in [4.69, 9.17) is 10.5 Å². The molecule has 2 rings (SSSR count). The molecular formula is C13H24N2O2. The fraction of sp³-hybridized carbons (Fsp3) is 0.923. The van der Waals surface area contributed by atoms with Crippen molar-refractivity contribution in [1.29, 1.82) is 0 Å². The molecule has 2 unspecified atom stereocenters. The van der Waals surface area contributed by atoms with Gasteiger partial charge in [0, 0.05) is 12.6 Å². The minimum atomic E-state index is -0.427. The topological polar surface area (TPSA) is 55.6 Å². The summed E-state index contributed by atoms with van der Waals surface area (Å²) in [6.45, 7) is 6.51. The molecule has 0 aromatic rings. The van der Waals surface area contributed by atoms with E-state index in [1.54, 1.807) is 0 Å². The number of amides is 1. The fourth-order valence-corrected chi connectivity index (χ4v) is 3.22. The van der Waals surface area contributed by atoms with Gasteiger partial charge in [0.2, 0.25) is 0 Å². The molecular weight excluding hydrogens is 216 g/mol. The number of hydrogen-bond donors (Lipinski definition) is 1. The number of rotatable bonds is 0. The summed E-state index contributed by atoms with van der Waals surface area (Å²) in [5.74, 6) is 0. The molecule has 0 radical (unpaired) electrons. The van der Waals surface area contributed by atoms with Gasteiger partial charge in [-0.3, -0.25) is 0 Å². The van der Waals surface area contributed by atoms with Crippen molar-refractivity contribution in [3.05, 3.63) is 0 Å². The second kappa shape index (κ2) is 4.16. The van der Waals surface area contributed by atoms with Crippen molar-refractivity contribution < 1.29 is 9.53 Å². The van der Waals surface area contributed by atoms with Crippen LogP contribution in [0.2, 0.25) is 0 Å². The fourth-order valence-electron chi connectivity index (χ4n) is 3.22. The van der Waals surface area contributed by atoms with Crippen molar-refractivity contribution in [1.82, 2.24) is 4.90 Å². The van der Waals surface area contributed by atoms with Gasteiger partial charge in [0.05, 0.1) is 5.54 Å². The highest BCUT2D eigenvalue weighted by Crippen LogP contribution is 2.42. The molecule has 4 heteroatoms. The van der Waals surface area contributed by atoms with Crippen molar-refractivity contribution in [3.63, 3.8) is 0 Å². The second-order valence-electron chi connectivity index (χ2n) is 6.34. The van der Waals surface area contributed by atoms with Crippen LogP contribution in [-0.2, 0) is 4.74 Å². The number of likely N-dealkylation sites (tertiary alicyclic amines) is 1. The van der Waals surface area contributed by atoms with Crippen molar-refractivity contribution in [2.24, 2.45) is 5.73 Å². The summed E-state index contributed by atoms with van der Waals surface area (Å²) in [5.41, 5.74) is 5.68. The number of carbonyl (C=O) groups excluding carboxylic acids is 1. The Bertz CT molecular complexity index is 307. The normalized spacial score (nSPS) is 33.4. The zero-order chi connectivity index (χ0) is 12.7. The molecule has 2 fully saturated rings. The average Bonchev–Trinajstić information content (AvgIpc) is 2.74. The molecule has 2 atom stereocenters. The van der Waals surface area contributed by atoms with Crippen LogP contribution in [0.25, 0.3) is 0 Å². The first-order valence-corrected chi connectivity index (χ1v) is 6.61. The minimum Gasteiger partial charge on any atom is -0.444 e. The van der Waals surface area contributed by atoms with Gasteiger partial charge in [-0.2, -0.15) is 0 Å². The van der Waals surface area contributed by atoms with E-state index in [1.165, 1.54) is 0 Å². The molecule has 0 bridgehead atoms. The lowest BCUT2D eigenvalue weighted by Crippen LogP contribution is -2.56. The Morgan fingerprint density at radius 3 is 2.53 bits per heavy atom. The van der Waals surface area contributed by atoms with Gasteiger partial charge in [-0.05, 0) is 52.9 Å². The van der Waals surface area contributed by atoms with E-state index < -0.39 is 5.60 Å². The highest BCUT2D eigenvalue weighted by molar-refractivity contribution is 5.70. The van der Waals surface area contributed by atoms with Gasteiger partial charge < -0.3 is 15.4 Å². The van der Waals surface area contributed by atoms with E-state index in [-0.39, 0.29) is 17.7 Å². The Morgan fingerprint density at radius 1 is 1.35 bits per heavy atom. The highest BCUT2D eigenvalue weighted by Gasteiger charge is 2.51. The maximum atomic E-state index is 12.2. The summed E-state index contributed by atoms with van der Waals surface area (Å²) in [7, 11) is 0. The predicted molar refractivity (Wildman–Crippen MR) is 66.7 cm³/mol. The third-order valence-electron chi connectivity index (χ3n) is 3.96. The molecule has 1 amide bonds.